The van der Waals surface area contributed by atoms with E-state index in [1.165, 1.54) is 0 Å². The third-order valence-corrected chi connectivity index (χ3v) is 3.90. The highest BCUT2D eigenvalue weighted by Crippen LogP contribution is 2.25. The predicted molar refractivity (Wildman–Crippen MR) is 87.1 cm³/mol. The van der Waals surface area contributed by atoms with Crippen LogP contribution in [0.15, 0.2) is 51.8 Å². The number of halogens is 1. The molecule has 0 aliphatic heterocycles. The van der Waals surface area contributed by atoms with Crippen molar-refractivity contribution in [3.63, 3.8) is 0 Å². The van der Waals surface area contributed by atoms with Crippen molar-refractivity contribution < 1.29 is 9.53 Å². The van der Waals surface area contributed by atoms with Gasteiger partial charge in [-0.05, 0) is 46.3 Å². The molecular weight excluding hydrogens is 338 g/mol. The van der Waals surface area contributed by atoms with Crippen LogP contribution in [0.3, 0.4) is 0 Å². The van der Waals surface area contributed by atoms with Gasteiger partial charge in [0.15, 0.2) is 0 Å². The van der Waals surface area contributed by atoms with E-state index in [1.54, 1.807) is 25.1 Å². The molecule has 2 aromatic carbocycles. The van der Waals surface area contributed by atoms with Crippen LogP contribution < -0.4 is 9.64 Å². The van der Waals surface area contributed by atoms with Crippen molar-refractivity contribution in [3.05, 3.63) is 52.5 Å². The van der Waals surface area contributed by atoms with Gasteiger partial charge < -0.3 is 9.64 Å². The first kappa shape index (κ1) is 14.9. The summed E-state index contributed by atoms with van der Waals surface area (Å²) in [7, 11) is 3.33. The zero-order valence-corrected chi connectivity index (χ0v) is 13.6. The van der Waals surface area contributed by atoms with E-state index < -0.39 is 0 Å². The molecule has 0 bridgehead atoms. The first-order valence-electron chi connectivity index (χ1n) is 5.93. The van der Waals surface area contributed by atoms with Gasteiger partial charge in [-0.3, -0.25) is 4.79 Å². The van der Waals surface area contributed by atoms with Crippen molar-refractivity contribution in [3.8, 4) is 5.75 Å². The van der Waals surface area contributed by atoms with Crippen molar-refractivity contribution in [2.75, 3.05) is 19.1 Å². The topological polar surface area (TPSA) is 29.5 Å². The molecule has 0 aliphatic carbocycles. The van der Waals surface area contributed by atoms with Gasteiger partial charge >= 0.3 is 0 Å². The second-order valence-corrected chi connectivity index (χ2v) is 5.60. The molecule has 0 N–H and O–H groups in total. The minimum absolute atomic E-state index is 0.110. The largest absolute Gasteiger partial charge is 0.497 e. The molecule has 2 rings (SSSR count). The van der Waals surface area contributed by atoms with E-state index in [9.17, 15) is 4.79 Å². The van der Waals surface area contributed by atoms with Crippen LogP contribution in [0.1, 0.15) is 10.4 Å². The van der Waals surface area contributed by atoms with Crippen LogP contribution in [0.5, 0.6) is 5.75 Å². The van der Waals surface area contributed by atoms with Gasteiger partial charge in [0.25, 0.3) is 5.91 Å². The second kappa shape index (κ2) is 6.33. The smallest absolute Gasteiger partial charge is 0.259 e. The molecular formula is C15H14BrNO2S. The van der Waals surface area contributed by atoms with Crippen LogP contribution >= 0.6 is 28.6 Å². The van der Waals surface area contributed by atoms with Crippen LogP contribution in [0.4, 0.5) is 5.69 Å². The normalized spacial score (nSPS) is 10.2. The summed E-state index contributed by atoms with van der Waals surface area (Å²) >= 11 is 7.67. The molecule has 0 unspecified atom stereocenters. The summed E-state index contributed by atoms with van der Waals surface area (Å²) in [4.78, 5) is 14.9. The number of hydrogen-bond donors (Lipinski definition) is 1. The lowest BCUT2D eigenvalue weighted by atomic mass is 10.2. The second-order valence-electron chi connectivity index (χ2n) is 4.23. The monoisotopic (exact) mass is 351 g/mol. The maximum atomic E-state index is 12.5. The fourth-order valence-electron chi connectivity index (χ4n) is 1.79. The lowest BCUT2D eigenvalue weighted by Crippen LogP contribution is -2.26. The first-order valence-corrected chi connectivity index (χ1v) is 7.17. The van der Waals surface area contributed by atoms with Gasteiger partial charge in [-0.25, -0.2) is 0 Å². The molecule has 0 aliphatic rings. The highest BCUT2D eigenvalue weighted by atomic mass is 79.9. The zero-order valence-electron chi connectivity index (χ0n) is 11.1. The average Bonchev–Trinajstić information content (AvgIpc) is 2.48. The summed E-state index contributed by atoms with van der Waals surface area (Å²) in [6.07, 6.45) is 0. The van der Waals surface area contributed by atoms with Crippen LogP contribution in [-0.2, 0) is 0 Å². The fraction of sp³-hybridized carbons (Fsp3) is 0.133. The molecule has 0 atom stereocenters. The molecule has 20 heavy (non-hydrogen) atoms. The lowest BCUT2D eigenvalue weighted by Gasteiger charge is -2.19. The molecule has 0 saturated carbocycles. The quantitative estimate of drug-likeness (QED) is 0.846. The van der Waals surface area contributed by atoms with Gasteiger partial charge in [-0.15, -0.1) is 12.6 Å². The Bertz CT molecular complexity index is 646. The zero-order chi connectivity index (χ0) is 14.7. The standard InChI is InChI=1S/C15H14BrNO2S/c1-17(10-4-3-5-11(8-10)19-2)15(18)13-9-12(20)6-7-14(13)16/h3-9,20H,1-2H3. The van der Waals surface area contributed by atoms with Crippen molar-refractivity contribution in [2.45, 2.75) is 4.90 Å². The molecule has 1 amide bonds. The maximum Gasteiger partial charge on any atom is 0.259 e. The Morgan fingerprint density at radius 3 is 2.70 bits per heavy atom. The number of carbonyl (C=O) groups is 1. The van der Waals surface area contributed by atoms with E-state index in [4.69, 9.17) is 4.74 Å². The van der Waals surface area contributed by atoms with Crippen LogP contribution in [-0.4, -0.2) is 20.1 Å². The van der Waals surface area contributed by atoms with Crippen molar-refractivity contribution in [1.82, 2.24) is 0 Å². The minimum Gasteiger partial charge on any atom is -0.497 e. The molecule has 3 nitrogen and oxygen atoms in total. The third-order valence-electron chi connectivity index (χ3n) is 2.93. The summed E-state index contributed by atoms with van der Waals surface area (Å²) in [5, 5.41) is 0. The third kappa shape index (κ3) is 3.16. The van der Waals surface area contributed by atoms with Gasteiger partial charge in [-0.1, -0.05) is 6.07 Å². The molecule has 5 heteroatoms. The summed E-state index contributed by atoms with van der Waals surface area (Å²) in [6.45, 7) is 0. The van der Waals surface area contributed by atoms with Gasteiger partial charge in [0, 0.05) is 28.2 Å². The predicted octanol–water partition coefficient (Wildman–Crippen LogP) is 4.02. The van der Waals surface area contributed by atoms with Crippen LogP contribution in [0, 0.1) is 0 Å². The molecule has 0 fully saturated rings. The van der Waals surface area contributed by atoms with Crippen LogP contribution in [0.25, 0.3) is 0 Å². The van der Waals surface area contributed by atoms with Gasteiger partial charge in [0.2, 0.25) is 0 Å². The number of benzene rings is 2. The first-order chi connectivity index (χ1) is 9.52. The Morgan fingerprint density at radius 2 is 2.00 bits per heavy atom. The number of anilines is 1. The summed E-state index contributed by atoms with van der Waals surface area (Å²) in [6, 6.07) is 12.8. The molecule has 0 aromatic heterocycles. The molecule has 0 heterocycles. The highest BCUT2D eigenvalue weighted by Gasteiger charge is 2.17. The Kier molecular flexibility index (Phi) is 4.73. The molecule has 0 saturated heterocycles. The molecule has 2 aromatic rings. The lowest BCUT2D eigenvalue weighted by molar-refractivity contribution is 0.0992. The number of carbonyl (C=O) groups excluding carboxylic acids is 1. The van der Waals surface area contributed by atoms with Crippen molar-refractivity contribution in [1.29, 1.82) is 0 Å². The van der Waals surface area contributed by atoms with E-state index in [0.717, 1.165) is 15.1 Å². The van der Waals surface area contributed by atoms with E-state index in [-0.39, 0.29) is 5.91 Å². The fourth-order valence-corrected chi connectivity index (χ4v) is 2.41. The van der Waals surface area contributed by atoms with Gasteiger partial charge in [-0.2, -0.15) is 0 Å². The van der Waals surface area contributed by atoms with E-state index in [2.05, 4.69) is 28.6 Å². The minimum atomic E-state index is -0.110. The van der Waals surface area contributed by atoms with Crippen molar-refractivity contribution in [2.24, 2.45) is 0 Å². The highest BCUT2D eigenvalue weighted by molar-refractivity contribution is 9.10. The average molecular weight is 352 g/mol. The summed E-state index contributed by atoms with van der Waals surface area (Å²) in [5.74, 6) is 0.602. The van der Waals surface area contributed by atoms with E-state index >= 15 is 0 Å². The number of hydrogen-bond acceptors (Lipinski definition) is 3. The maximum absolute atomic E-state index is 12.5. The van der Waals surface area contributed by atoms with Crippen molar-refractivity contribution >= 4 is 40.2 Å². The number of rotatable bonds is 3. The Balaban J connectivity index is 2.34. The van der Waals surface area contributed by atoms with Gasteiger partial charge in [0.1, 0.15) is 5.75 Å². The number of methoxy groups -OCH3 is 1. The summed E-state index contributed by atoms with van der Waals surface area (Å²) in [5.41, 5.74) is 1.34. The van der Waals surface area contributed by atoms with E-state index in [0.29, 0.717) is 11.3 Å². The Labute approximate surface area is 132 Å². The molecule has 0 spiro atoms. The molecule has 104 valence electrons. The Morgan fingerprint density at radius 1 is 1.25 bits per heavy atom. The molecule has 0 radical (unpaired) electrons. The van der Waals surface area contributed by atoms with Crippen LogP contribution in [0.2, 0.25) is 0 Å². The number of thiol groups is 1. The number of nitrogens with zero attached hydrogens (tertiary/aromatic N) is 1. The number of amides is 1. The Hall–Kier alpha value is -1.46. The summed E-state index contributed by atoms with van der Waals surface area (Å²) < 4.78 is 5.92. The van der Waals surface area contributed by atoms with Gasteiger partial charge in [0.05, 0.1) is 12.7 Å². The SMILES string of the molecule is COc1cccc(N(C)C(=O)c2cc(S)ccc2Br)c1. The van der Waals surface area contributed by atoms with E-state index in [1.807, 2.05) is 36.4 Å². The number of ether oxygens (including phenoxy) is 1.